The normalized spacial score (nSPS) is 15.9. The van der Waals surface area contributed by atoms with E-state index in [-0.39, 0.29) is 22.6 Å². The molecule has 0 spiro atoms. The number of carbonyl (C=O) groups is 2. The molecule has 2 aliphatic rings. The van der Waals surface area contributed by atoms with E-state index in [4.69, 9.17) is 0 Å². The van der Waals surface area contributed by atoms with E-state index in [1.54, 1.807) is 33.8 Å². The van der Waals surface area contributed by atoms with Gasteiger partial charge in [-0.3, -0.25) is 9.59 Å². The molecule has 4 nitrogen and oxygen atoms in total. The van der Waals surface area contributed by atoms with E-state index in [2.05, 4.69) is 138 Å². The van der Waals surface area contributed by atoms with Crippen molar-refractivity contribution in [1.82, 2.24) is 9.80 Å². The first-order valence-electron chi connectivity index (χ1n) is 26.8. The predicted molar refractivity (Wildman–Crippen MR) is 302 cm³/mol. The maximum absolute atomic E-state index is 15.5. The molecule has 0 radical (unpaired) electrons. The lowest BCUT2D eigenvalue weighted by Gasteiger charge is -2.29. The smallest absolute Gasteiger partial charge is 0.261 e. The zero-order valence-corrected chi connectivity index (χ0v) is 47.7. The van der Waals surface area contributed by atoms with Crippen LogP contribution in [0.2, 0.25) is 0 Å². The standard InChI is InChI=1S/C60H84N2O2S4/c1-15-23-25-39(21-7)35-61-53(51-52(58(61)64)54(47-29-30-49(66-47)59(9,10)11)62(57(51)63)36-40(22-8)26-24-16-2)46-28-27-45(65-46)48-33-43-41(31-37(17-3)18-4)42(32-38(19-5)20-6)44-34-50(60(12,13)14)68-56(44)55(43)67-48/h27-30,33-34,37-40H,15-26,31-32,35-36H2,1-14H3. The van der Waals surface area contributed by atoms with Gasteiger partial charge in [-0.05, 0) is 118 Å². The zero-order chi connectivity index (χ0) is 49.2. The van der Waals surface area contributed by atoms with E-state index in [0.717, 1.165) is 85.4 Å². The fourth-order valence-electron chi connectivity index (χ4n) is 10.7. The molecule has 5 aromatic rings. The average molecular weight is 994 g/mol. The Hall–Kier alpha value is -3.04. The molecule has 0 aliphatic carbocycles. The van der Waals surface area contributed by atoms with Gasteiger partial charge in [0, 0.05) is 32.6 Å². The summed E-state index contributed by atoms with van der Waals surface area (Å²) in [5, 5.41) is 2.93. The van der Waals surface area contributed by atoms with Crippen molar-refractivity contribution in [2.75, 3.05) is 13.1 Å². The van der Waals surface area contributed by atoms with Crippen LogP contribution in [0, 0.1) is 23.7 Å². The van der Waals surface area contributed by atoms with E-state index in [9.17, 15) is 0 Å². The van der Waals surface area contributed by atoms with Crippen molar-refractivity contribution in [3.8, 4) is 9.75 Å². The Morgan fingerprint density at radius 2 is 0.897 bits per heavy atom. The predicted octanol–water partition coefficient (Wildman–Crippen LogP) is 18.7. The van der Waals surface area contributed by atoms with Crippen molar-refractivity contribution in [2.45, 2.75) is 198 Å². The van der Waals surface area contributed by atoms with E-state index in [0.29, 0.717) is 47.9 Å². The van der Waals surface area contributed by atoms with Gasteiger partial charge in [0.2, 0.25) is 0 Å². The highest BCUT2D eigenvalue weighted by Gasteiger charge is 2.50. The lowest BCUT2D eigenvalue weighted by molar-refractivity contribution is -0.124. The molecule has 370 valence electrons. The molecule has 0 saturated carbocycles. The summed E-state index contributed by atoms with van der Waals surface area (Å²) in [7, 11) is 0. The average Bonchev–Trinajstić information content (AvgIpc) is 4.18. The topological polar surface area (TPSA) is 40.6 Å². The van der Waals surface area contributed by atoms with Crippen LogP contribution in [0.15, 0.2) is 47.5 Å². The van der Waals surface area contributed by atoms with Gasteiger partial charge in [-0.1, -0.05) is 161 Å². The molecule has 2 unspecified atom stereocenters. The third-order valence-corrected chi connectivity index (χ3v) is 21.2. The Morgan fingerprint density at radius 3 is 1.34 bits per heavy atom. The summed E-state index contributed by atoms with van der Waals surface area (Å²) >= 11 is 7.51. The minimum Gasteiger partial charge on any atom is -0.306 e. The summed E-state index contributed by atoms with van der Waals surface area (Å²) in [6, 6.07) is 14.0. The molecular formula is C60H84N2O2S4. The van der Waals surface area contributed by atoms with E-state index in [1.165, 1.54) is 65.4 Å². The van der Waals surface area contributed by atoms with Crippen LogP contribution in [0.1, 0.15) is 205 Å². The Kier molecular flexibility index (Phi) is 17.2. The number of benzene rings is 1. The molecule has 8 heteroatoms. The van der Waals surface area contributed by atoms with Crippen molar-refractivity contribution in [2.24, 2.45) is 23.7 Å². The first-order chi connectivity index (χ1) is 32.5. The highest BCUT2D eigenvalue weighted by atomic mass is 32.1. The second-order valence-electron chi connectivity index (χ2n) is 22.4. The van der Waals surface area contributed by atoms with Crippen LogP contribution in [0.25, 0.3) is 41.3 Å². The highest BCUT2D eigenvalue weighted by molar-refractivity contribution is 7.30. The minimum absolute atomic E-state index is 0.00528. The Morgan fingerprint density at radius 1 is 0.471 bits per heavy atom. The molecule has 2 amide bonds. The monoisotopic (exact) mass is 993 g/mol. The SMILES string of the molecule is CCCCC(CC)CN1C(=O)C2=C(c3ccc(C(C)(C)C)s3)N(CC(CC)CCCC)C(=O)C2=C1c1ccc(-c2cc3c(CC(CC)CC)c(CC(CC)CC)c4cc(C(C)(C)C)sc4c3s2)s1. The third-order valence-electron chi connectivity index (χ3n) is 15.5. The van der Waals surface area contributed by atoms with Crippen LogP contribution >= 0.6 is 45.3 Å². The number of amides is 2. The summed E-state index contributed by atoms with van der Waals surface area (Å²) < 4.78 is 2.88. The fraction of sp³-hybridized carbons (Fsp3) is 0.600. The maximum Gasteiger partial charge on any atom is 0.261 e. The molecule has 0 N–H and O–H groups in total. The van der Waals surface area contributed by atoms with Gasteiger partial charge < -0.3 is 9.80 Å². The quantitative estimate of drug-likeness (QED) is 0.0654. The van der Waals surface area contributed by atoms with E-state index >= 15 is 9.59 Å². The first kappa shape index (κ1) is 52.8. The summed E-state index contributed by atoms with van der Waals surface area (Å²) in [5.41, 5.74) is 6.15. The maximum atomic E-state index is 15.5. The number of rotatable bonds is 23. The Bertz CT molecular complexity index is 2620. The number of unbranched alkanes of at least 4 members (excludes halogenated alkanes) is 2. The van der Waals surface area contributed by atoms with Crippen molar-refractivity contribution in [3.63, 3.8) is 0 Å². The number of hydrogen-bond acceptors (Lipinski definition) is 6. The minimum atomic E-state index is -0.0363. The van der Waals surface area contributed by atoms with Crippen LogP contribution in [0.5, 0.6) is 0 Å². The van der Waals surface area contributed by atoms with Crippen LogP contribution in [0.4, 0.5) is 0 Å². The zero-order valence-electron chi connectivity index (χ0n) is 44.4. The molecule has 2 aliphatic heterocycles. The highest BCUT2D eigenvalue weighted by Crippen LogP contribution is 2.53. The van der Waals surface area contributed by atoms with Crippen molar-refractivity contribution >= 4 is 88.7 Å². The van der Waals surface area contributed by atoms with E-state index in [1.807, 2.05) is 27.6 Å². The van der Waals surface area contributed by atoms with E-state index < -0.39 is 0 Å². The summed E-state index contributed by atoms with van der Waals surface area (Å²) in [5.74, 6) is 2.03. The van der Waals surface area contributed by atoms with Gasteiger partial charge in [0.05, 0.1) is 41.7 Å². The Labute approximate surface area is 427 Å². The van der Waals surface area contributed by atoms with Gasteiger partial charge in [0.25, 0.3) is 11.8 Å². The number of fused-ring (bicyclic) bond motifs is 4. The Balaban J connectivity index is 1.44. The number of carbonyl (C=O) groups excluding carboxylic acids is 2. The van der Waals surface area contributed by atoms with Gasteiger partial charge in [-0.15, -0.1) is 45.3 Å². The second kappa shape index (κ2) is 22.2. The van der Waals surface area contributed by atoms with Gasteiger partial charge in [-0.25, -0.2) is 0 Å². The molecule has 0 bridgehead atoms. The van der Waals surface area contributed by atoms with Crippen LogP contribution in [-0.4, -0.2) is 34.7 Å². The molecule has 1 aromatic carbocycles. The fourth-order valence-corrected chi connectivity index (χ4v) is 15.5. The summed E-state index contributed by atoms with van der Waals surface area (Å²) in [6.07, 6.45) is 15.7. The molecule has 6 heterocycles. The van der Waals surface area contributed by atoms with Gasteiger partial charge >= 0.3 is 0 Å². The van der Waals surface area contributed by atoms with Gasteiger partial charge in [-0.2, -0.15) is 0 Å². The molecule has 0 saturated heterocycles. The first-order valence-corrected chi connectivity index (χ1v) is 30.1. The molecule has 7 rings (SSSR count). The lowest BCUT2D eigenvalue weighted by Crippen LogP contribution is -2.34. The molecule has 68 heavy (non-hydrogen) atoms. The summed E-state index contributed by atoms with van der Waals surface area (Å²) in [4.78, 5) is 42.3. The molecule has 2 atom stereocenters. The van der Waals surface area contributed by atoms with Crippen LogP contribution in [0.3, 0.4) is 0 Å². The summed E-state index contributed by atoms with van der Waals surface area (Å²) in [6.45, 7) is 33.6. The number of hydrogen-bond donors (Lipinski definition) is 0. The van der Waals surface area contributed by atoms with Crippen LogP contribution < -0.4 is 0 Å². The van der Waals surface area contributed by atoms with Crippen LogP contribution in [-0.2, 0) is 33.3 Å². The van der Waals surface area contributed by atoms with Crippen molar-refractivity contribution < 1.29 is 9.59 Å². The van der Waals surface area contributed by atoms with Crippen molar-refractivity contribution in [3.05, 3.63) is 78.2 Å². The molecular weight excluding hydrogens is 909 g/mol. The second-order valence-corrected chi connectivity index (χ2v) is 26.6. The van der Waals surface area contributed by atoms with Crippen molar-refractivity contribution in [1.29, 1.82) is 0 Å². The number of nitrogens with zero attached hydrogens (tertiary/aromatic N) is 2. The molecule has 4 aromatic heterocycles. The molecule has 0 fully saturated rings. The lowest BCUT2D eigenvalue weighted by atomic mass is 9.83. The van der Waals surface area contributed by atoms with Gasteiger partial charge in [0.15, 0.2) is 0 Å². The largest absolute Gasteiger partial charge is 0.306 e. The van der Waals surface area contributed by atoms with Gasteiger partial charge in [0.1, 0.15) is 0 Å². The number of thiophene rings is 4. The third kappa shape index (κ3) is 10.6.